The van der Waals surface area contributed by atoms with Gasteiger partial charge >= 0.3 is 0 Å². The molecule has 1 heterocycles. The fraction of sp³-hybridized carbons (Fsp3) is 0.250. The Bertz CT molecular complexity index is 584. The van der Waals surface area contributed by atoms with Crippen LogP contribution in [0.3, 0.4) is 0 Å². The van der Waals surface area contributed by atoms with Crippen LogP contribution >= 0.6 is 0 Å². The maximum atomic E-state index is 12.1. The first-order valence-corrected chi connectivity index (χ1v) is 6.80. The highest BCUT2D eigenvalue weighted by molar-refractivity contribution is 5.82. The van der Waals surface area contributed by atoms with Crippen molar-refractivity contribution in [1.82, 2.24) is 10.3 Å². The lowest BCUT2D eigenvalue weighted by Crippen LogP contribution is -2.42. The van der Waals surface area contributed by atoms with E-state index in [9.17, 15) is 9.90 Å². The van der Waals surface area contributed by atoms with Gasteiger partial charge in [0.05, 0.1) is 12.1 Å². The average Bonchev–Trinajstić information content (AvgIpc) is 2.50. The molecular formula is C16H19N3O2. The van der Waals surface area contributed by atoms with Crippen molar-refractivity contribution in [3.05, 3.63) is 59.9 Å². The molecular weight excluding hydrogens is 266 g/mol. The summed E-state index contributed by atoms with van der Waals surface area (Å²) >= 11 is 0. The van der Waals surface area contributed by atoms with Crippen LogP contribution in [0.25, 0.3) is 0 Å². The van der Waals surface area contributed by atoms with Crippen molar-refractivity contribution in [2.24, 2.45) is 5.73 Å². The number of carbonyl (C=O) groups excluding carboxylic acids is 1. The van der Waals surface area contributed by atoms with Crippen LogP contribution in [0.4, 0.5) is 0 Å². The molecule has 2 atom stereocenters. The molecule has 5 nitrogen and oxygen atoms in total. The van der Waals surface area contributed by atoms with Crippen molar-refractivity contribution in [3.8, 4) is 5.75 Å². The van der Waals surface area contributed by atoms with E-state index in [0.717, 1.165) is 11.1 Å². The Balaban J connectivity index is 1.92. The topological polar surface area (TPSA) is 88.2 Å². The minimum Gasteiger partial charge on any atom is -0.508 e. The van der Waals surface area contributed by atoms with Crippen LogP contribution in [0.2, 0.25) is 0 Å². The van der Waals surface area contributed by atoms with E-state index in [0.29, 0.717) is 6.42 Å². The summed E-state index contributed by atoms with van der Waals surface area (Å²) in [7, 11) is 0. The van der Waals surface area contributed by atoms with E-state index in [1.54, 1.807) is 36.7 Å². The second-order valence-corrected chi connectivity index (χ2v) is 4.99. The summed E-state index contributed by atoms with van der Waals surface area (Å²) in [6.07, 6.45) is 3.83. The first-order valence-electron chi connectivity index (χ1n) is 6.80. The number of amides is 1. The number of aromatic nitrogens is 1. The first kappa shape index (κ1) is 15.0. The van der Waals surface area contributed by atoms with Crippen molar-refractivity contribution in [2.45, 2.75) is 25.4 Å². The molecule has 1 aromatic heterocycles. The number of nitrogens with two attached hydrogens (primary N) is 1. The zero-order valence-electron chi connectivity index (χ0n) is 11.9. The molecule has 5 heteroatoms. The highest BCUT2D eigenvalue weighted by Gasteiger charge is 2.17. The maximum absolute atomic E-state index is 12.1. The molecule has 0 bridgehead atoms. The van der Waals surface area contributed by atoms with Crippen LogP contribution in [0.1, 0.15) is 24.1 Å². The lowest BCUT2D eigenvalue weighted by Gasteiger charge is -2.17. The molecule has 110 valence electrons. The Kier molecular flexibility index (Phi) is 4.90. The second-order valence-electron chi connectivity index (χ2n) is 4.99. The molecule has 2 aromatic rings. The van der Waals surface area contributed by atoms with Crippen LogP contribution < -0.4 is 11.1 Å². The van der Waals surface area contributed by atoms with Crippen molar-refractivity contribution >= 4 is 5.91 Å². The van der Waals surface area contributed by atoms with Gasteiger partial charge in [-0.15, -0.1) is 0 Å². The van der Waals surface area contributed by atoms with Gasteiger partial charge < -0.3 is 16.2 Å². The zero-order valence-corrected chi connectivity index (χ0v) is 11.9. The molecule has 21 heavy (non-hydrogen) atoms. The quantitative estimate of drug-likeness (QED) is 0.777. The summed E-state index contributed by atoms with van der Waals surface area (Å²) in [5.74, 6) is -0.0126. The summed E-state index contributed by atoms with van der Waals surface area (Å²) < 4.78 is 0. The molecule has 2 rings (SSSR count). The average molecular weight is 285 g/mol. The molecule has 0 radical (unpaired) electrons. The third kappa shape index (κ3) is 4.29. The molecule has 0 aliphatic carbocycles. The first-order chi connectivity index (χ1) is 10.1. The number of hydrogen-bond donors (Lipinski definition) is 3. The van der Waals surface area contributed by atoms with E-state index in [4.69, 9.17) is 5.73 Å². The standard InChI is InChI=1S/C16H19N3O2/c1-11(13-3-2-8-18-10-13)19-16(21)15(17)9-12-4-6-14(20)7-5-12/h2-8,10-11,15,20H,9,17H2,1H3,(H,19,21)/t11-,15-/m0/s1. The normalized spacial score (nSPS) is 13.4. The van der Waals surface area contributed by atoms with E-state index in [2.05, 4.69) is 10.3 Å². The Morgan fingerprint density at radius 2 is 2.05 bits per heavy atom. The number of nitrogens with one attached hydrogen (secondary N) is 1. The second kappa shape index (κ2) is 6.85. The van der Waals surface area contributed by atoms with Gasteiger partial charge in [0.25, 0.3) is 0 Å². The highest BCUT2D eigenvalue weighted by Crippen LogP contribution is 2.12. The Hall–Kier alpha value is -2.40. The van der Waals surface area contributed by atoms with Gasteiger partial charge in [0.2, 0.25) is 5.91 Å². The van der Waals surface area contributed by atoms with E-state index in [1.807, 2.05) is 19.1 Å². The van der Waals surface area contributed by atoms with Gasteiger partial charge in [-0.1, -0.05) is 18.2 Å². The summed E-state index contributed by atoms with van der Waals surface area (Å²) in [5.41, 5.74) is 7.76. The minimum atomic E-state index is -0.631. The molecule has 0 aliphatic rings. The smallest absolute Gasteiger partial charge is 0.237 e. The number of rotatable bonds is 5. The maximum Gasteiger partial charge on any atom is 0.237 e. The summed E-state index contributed by atoms with van der Waals surface area (Å²) in [5, 5.41) is 12.1. The van der Waals surface area contributed by atoms with Gasteiger partial charge in [0.1, 0.15) is 5.75 Å². The van der Waals surface area contributed by atoms with Gasteiger partial charge in [0, 0.05) is 12.4 Å². The molecule has 1 aromatic carbocycles. The monoisotopic (exact) mass is 285 g/mol. The van der Waals surface area contributed by atoms with Crippen molar-refractivity contribution < 1.29 is 9.90 Å². The zero-order chi connectivity index (χ0) is 15.2. The predicted molar refractivity (Wildman–Crippen MR) is 80.6 cm³/mol. The van der Waals surface area contributed by atoms with Gasteiger partial charge in [0.15, 0.2) is 0 Å². The molecule has 0 saturated heterocycles. The number of phenolic OH excluding ortho intramolecular Hbond substituents is 1. The van der Waals surface area contributed by atoms with Gasteiger partial charge in [-0.2, -0.15) is 0 Å². The van der Waals surface area contributed by atoms with E-state index >= 15 is 0 Å². The van der Waals surface area contributed by atoms with Crippen LogP contribution in [0.15, 0.2) is 48.8 Å². The Morgan fingerprint density at radius 1 is 1.33 bits per heavy atom. The van der Waals surface area contributed by atoms with E-state index in [1.165, 1.54) is 0 Å². The third-order valence-corrected chi connectivity index (χ3v) is 3.27. The lowest BCUT2D eigenvalue weighted by molar-refractivity contribution is -0.123. The predicted octanol–water partition coefficient (Wildman–Crippen LogP) is 1.53. The fourth-order valence-electron chi connectivity index (χ4n) is 2.01. The van der Waals surface area contributed by atoms with Gasteiger partial charge in [-0.05, 0) is 42.7 Å². The largest absolute Gasteiger partial charge is 0.508 e. The molecule has 0 saturated carbocycles. The van der Waals surface area contributed by atoms with Crippen LogP contribution in [-0.2, 0) is 11.2 Å². The third-order valence-electron chi connectivity index (χ3n) is 3.27. The number of benzene rings is 1. The molecule has 0 fully saturated rings. The number of phenols is 1. The van der Waals surface area contributed by atoms with E-state index < -0.39 is 6.04 Å². The molecule has 1 amide bonds. The van der Waals surface area contributed by atoms with Crippen molar-refractivity contribution in [1.29, 1.82) is 0 Å². The molecule has 0 unspecified atom stereocenters. The highest BCUT2D eigenvalue weighted by atomic mass is 16.3. The summed E-state index contributed by atoms with van der Waals surface area (Å²) in [4.78, 5) is 16.1. The molecule has 4 N–H and O–H groups in total. The molecule has 0 aliphatic heterocycles. The summed E-state index contributed by atoms with van der Waals surface area (Å²) in [6.45, 7) is 1.89. The van der Waals surface area contributed by atoms with E-state index in [-0.39, 0.29) is 17.7 Å². The lowest BCUT2D eigenvalue weighted by atomic mass is 10.0. The SMILES string of the molecule is C[C@H](NC(=O)[C@@H](N)Cc1ccc(O)cc1)c1cccnc1. The number of nitrogens with zero attached hydrogens (tertiary/aromatic N) is 1. The Labute approximate surface area is 123 Å². The minimum absolute atomic E-state index is 0.142. The molecule has 0 spiro atoms. The van der Waals surface area contributed by atoms with Gasteiger partial charge in [-0.3, -0.25) is 9.78 Å². The van der Waals surface area contributed by atoms with Crippen molar-refractivity contribution in [2.75, 3.05) is 0 Å². The number of carbonyl (C=O) groups is 1. The number of pyridine rings is 1. The number of hydrogen-bond acceptors (Lipinski definition) is 4. The Morgan fingerprint density at radius 3 is 2.67 bits per heavy atom. The van der Waals surface area contributed by atoms with Crippen LogP contribution in [0.5, 0.6) is 5.75 Å². The summed E-state index contributed by atoms with van der Waals surface area (Å²) in [6, 6.07) is 9.64. The van der Waals surface area contributed by atoms with Crippen molar-refractivity contribution in [3.63, 3.8) is 0 Å². The fourth-order valence-corrected chi connectivity index (χ4v) is 2.01. The van der Waals surface area contributed by atoms with Crippen LogP contribution in [-0.4, -0.2) is 22.0 Å². The number of aromatic hydroxyl groups is 1. The van der Waals surface area contributed by atoms with Gasteiger partial charge in [-0.25, -0.2) is 0 Å². The van der Waals surface area contributed by atoms with Crippen LogP contribution in [0, 0.1) is 0 Å².